The highest BCUT2D eigenvalue weighted by Crippen LogP contribution is 2.27. The summed E-state index contributed by atoms with van der Waals surface area (Å²) in [4.78, 5) is 0. The van der Waals surface area contributed by atoms with Crippen LogP contribution < -0.4 is 4.74 Å². The molecule has 1 fully saturated rings. The highest BCUT2D eigenvalue weighted by Gasteiger charge is 2.28. The number of aliphatic hydroxyl groups excluding tert-OH is 1. The molecule has 1 saturated carbocycles. The van der Waals surface area contributed by atoms with E-state index in [0.29, 0.717) is 5.92 Å². The van der Waals surface area contributed by atoms with Crippen molar-refractivity contribution in [3.05, 3.63) is 42.5 Å². The van der Waals surface area contributed by atoms with Crippen LogP contribution >= 0.6 is 0 Å². The maximum Gasteiger partial charge on any atom is 0.133 e. The van der Waals surface area contributed by atoms with Crippen LogP contribution in [0.5, 0.6) is 5.75 Å². The van der Waals surface area contributed by atoms with Gasteiger partial charge in [-0.15, -0.1) is 0 Å². The van der Waals surface area contributed by atoms with E-state index in [4.69, 9.17) is 4.74 Å². The molecule has 2 nitrogen and oxygen atoms in total. The molecule has 2 heteroatoms. The molecule has 19 heavy (non-hydrogen) atoms. The molecule has 1 aliphatic carbocycles. The monoisotopic (exact) mass is 260 g/mol. The van der Waals surface area contributed by atoms with Gasteiger partial charge in [-0.05, 0) is 44.7 Å². The lowest BCUT2D eigenvalue weighted by Crippen LogP contribution is -2.40. The van der Waals surface area contributed by atoms with Crippen molar-refractivity contribution < 1.29 is 9.84 Å². The molecule has 104 valence electrons. The SMILES string of the molecule is CC(C)(Oc1ccccc1)C(O)/C=C/C1CCCC1. The molecular weight excluding hydrogens is 236 g/mol. The summed E-state index contributed by atoms with van der Waals surface area (Å²) in [5, 5.41) is 10.3. The zero-order chi connectivity index (χ0) is 13.7. The maximum absolute atomic E-state index is 10.3. The van der Waals surface area contributed by atoms with Crippen molar-refractivity contribution >= 4 is 0 Å². The van der Waals surface area contributed by atoms with Gasteiger partial charge in [-0.3, -0.25) is 0 Å². The lowest BCUT2D eigenvalue weighted by atomic mass is 9.98. The summed E-state index contributed by atoms with van der Waals surface area (Å²) in [5.41, 5.74) is -0.615. The van der Waals surface area contributed by atoms with Crippen molar-refractivity contribution in [2.45, 2.75) is 51.2 Å². The van der Waals surface area contributed by atoms with Gasteiger partial charge in [0.15, 0.2) is 0 Å². The first kappa shape index (κ1) is 14.1. The Morgan fingerprint density at radius 1 is 1.21 bits per heavy atom. The van der Waals surface area contributed by atoms with Crippen LogP contribution in [0, 0.1) is 5.92 Å². The van der Waals surface area contributed by atoms with Crippen molar-refractivity contribution in [3.63, 3.8) is 0 Å². The quantitative estimate of drug-likeness (QED) is 0.812. The minimum Gasteiger partial charge on any atom is -0.485 e. The highest BCUT2D eigenvalue weighted by molar-refractivity contribution is 5.22. The first-order valence-corrected chi connectivity index (χ1v) is 7.18. The normalized spacial score (nSPS) is 18.9. The summed E-state index contributed by atoms with van der Waals surface area (Å²) >= 11 is 0. The van der Waals surface area contributed by atoms with E-state index in [-0.39, 0.29) is 0 Å². The van der Waals surface area contributed by atoms with Crippen LogP contribution in [0.3, 0.4) is 0 Å². The molecule has 0 aromatic heterocycles. The van der Waals surface area contributed by atoms with E-state index in [0.717, 1.165) is 5.75 Å². The lowest BCUT2D eigenvalue weighted by molar-refractivity contribution is -0.00196. The molecule has 0 aliphatic heterocycles. The minimum atomic E-state index is -0.615. The molecule has 2 rings (SSSR count). The largest absolute Gasteiger partial charge is 0.485 e. The molecule has 1 N–H and O–H groups in total. The zero-order valence-electron chi connectivity index (χ0n) is 11.9. The number of aliphatic hydroxyl groups is 1. The van der Waals surface area contributed by atoms with Gasteiger partial charge in [-0.1, -0.05) is 43.2 Å². The molecule has 1 aliphatic rings. The fourth-order valence-corrected chi connectivity index (χ4v) is 2.50. The first-order chi connectivity index (χ1) is 9.08. The smallest absolute Gasteiger partial charge is 0.133 e. The van der Waals surface area contributed by atoms with Gasteiger partial charge in [0.05, 0.1) is 0 Å². The van der Waals surface area contributed by atoms with Gasteiger partial charge < -0.3 is 9.84 Å². The average Bonchev–Trinajstić information content (AvgIpc) is 2.89. The summed E-state index contributed by atoms with van der Waals surface area (Å²) in [6.45, 7) is 3.84. The molecule has 1 atom stereocenters. The van der Waals surface area contributed by atoms with Crippen LogP contribution in [0.4, 0.5) is 0 Å². The third-order valence-electron chi connectivity index (χ3n) is 3.80. The van der Waals surface area contributed by atoms with E-state index in [1.54, 1.807) is 0 Å². The molecule has 0 spiro atoms. The van der Waals surface area contributed by atoms with Crippen LogP contribution in [-0.2, 0) is 0 Å². The molecule has 1 aromatic carbocycles. The number of rotatable bonds is 5. The van der Waals surface area contributed by atoms with Gasteiger partial charge in [-0.25, -0.2) is 0 Å². The van der Waals surface area contributed by atoms with E-state index < -0.39 is 11.7 Å². The summed E-state index contributed by atoms with van der Waals surface area (Å²) in [6.07, 6.45) is 8.61. The van der Waals surface area contributed by atoms with Crippen LogP contribution in [0.2, 0.25) is 0 Å². The van der Waals surface area contributed by atoms with Crippen LogP contribution in [-0.4, -0.2) is 16.8 Å². The minimum absolute atomic E-state index is 0.590. The Morgan fingerprint density at radius 2 is 1.84 bits per heavy atom. The number of ether oxygens (including phenoxy) is 1. The Bertz CT molecular complexity index is 403. The second-order valence-corrected chi connectivity index (χ2v) is 5.89. The zero-order valence-corrected chi connectivity index (χ0v) is 11.9. The van der Waals surface area contributed by atoms with Crippen LogP contribution in [0.1, 0.15) is 39.5 Å². The first-order valence-electron chi connectivity index (χ1n) is 7.18. The van der Waals surface area contributed by atoms with Crippen LogP contribution in [0.15, 0.2) is 42.5 Å². The summed E-state index contributed by atoms with van der Waals surface area (Å²) < 4.78 is 5.88. The number of hydrogen-bond acceptors (Lipinski definition) is 2. The Kier molecular flexibility index (Phi) is 4.65. The molecule has 1 unspecified atom stereocenters. The molecule has 1 aromatic rings. The van der Waals surface area contributed by atoms with Crippen molar-refractivity contribution in [2.75, 3.05) is 0 Å². The number of para-hydroxylation sites is 1. The number of allylic oxidation sites excluding steroid dienone is 1. The fraction of sp³-hybridized carbons (Fsp3) is 0.529. The van der Waals surface area contributed by atoms with E-state index in [9.17, 15) is 5.11 Å². The Labute approximate surface area is 116 Å². The van der Waals surface area contributed by atoms with Crippen molar-refractivity contribution in [1.82, 2.24) is 0 Å². The molecular formula is C17H24O2. The van der Waals surface area contributed by atoms with Crippen LogP contribution in [0.25, 0.3) is 0 Å². The van der Waals surface area contributed by atoms with Gasteiger partial charge >= 0.3 is 0 Å². The van der Waals surface area contributed by atoms with E-state index in [1.807, 2.05) is 50.3 Å². The van der Waals surface area contributed by atoms with Gasteiger partial charge in [0.25, 0.3) is 0 Å². The van der Waals surface area contributed by atoms with E-state index >= 15 is 0 Å². The van der Waals surface area contributed by atoms with Crippen molar-refractivity contribution in [2.24, 2.45) is 5.92 Å². The highest BCUT2D eigenvalue weighted by atomic mass is 16.5. The van der Waals surface area contributed by atoms with E-state index in [2.05, 4.69) is 6.08 Å². The van der Waals surface area contributed by atoms with Crippen molar-refractivity contribution in [1.29, 1.82) is 0 Å². The molecule has 0 bridgehead atoms. The van der Waals surface area contributed by atoms with Gasteiger partial charge in [0.1, 0.15) is 17.5 Å². The van der Waals surface area contributed by atoms with Crippen molar-refractivity contribution in [3.8, 4) is 5.75 Å². The second-order valence-electron chi connectivity index (χ2n) is 5.89. The van der Waals surface area contributed by atoms with Gasteiger partial charge in [0.2, 0.25) is 0 Å². The summed E-state index contributed by atoms with van der Waals surface area (Å²) in [7, 11) is 0. The fourth-order valence-electron chi connectivity index (χ4n) is 2.50. The molecule has 0 saturated heterocycles. The topological polar surface area (TPSA) is 29.5 Å². The van der Waals surface area contributed by atoms with Gasteiger partial charge in [-0.2, -0.15) is 0 Å². The Morgan fingerprint density at radius 3 is 2.47 bits per heavy atom. The van der Waals surface area contributed by atoms with E-state index in [1.165, 1.54) is 25.7 Å². The average molecular weight is 260 g/mol. The molecule has 0 heterocycles. The number of hydrogen-bond donors (Lipinski definition) is 1. The summed E-state index contributed by atoms with van der Waals surface area (Å²) in [6, 6.07) is 9.65. The molecule has 0 amide bonds. The molecule has 0 radical (unpaired) electrons. The number of benzene rings is 1. The predicted octanol–water partition coefficient (Wildman–Crippen LogP) is 3.95. The standard InChI is InChI=1S/C17H24O2/c1-17(2,19-15-10-4-3-5-11-15)16(18)13-12-14-8-6-7-9-14/h3-5,10-14,16,18H,6-9H2,1-2H3/b13-12+. The second kappa shape index (κ2) is 6.25. The lowest BCUT2D eigenvalue weighted by Gasteiger charge is -2.30. The maximum atomic E-state index is 10.3. The third kappa shape index (κ3) is 4.10. The van der Waals surface area contributed by atoms with Gasteiger partial charge in [0, 0.05) is 0 Å². The Balaban J connectivity index is 1.94. The summed E-state index contributed by atoms with van der Waals surface area (Å²) in [5.74, 6) is 1.43. The Hall–Kier alpha value is -1.28. The predicted molar refractivity (Wildman–Crippen MR) is 78.3 cm³/mol. The third-order valence-corrected chi connectivity index (χ3v) is 3.80.